The second-order valence-corrected chi connectivity index (χ2v) is 6.24. The number of nitrogens with zero attached hydrogens (tertiary/aromatic N) is 1. The average molecular weight is 344 g/mol. The molecule has 2 aromatic carbocycles. The van der Waals surface area contributed by atoms with E-state index in [0.717, 1.165) is 28.9 Å². The molecule has 0 bridgehead atoms. The summed E-state index contributed by atoms with van der Waals surface area (Å²) in [5.41, 5.74) is 2.31. The van der Waals surface area contributed by atoms with E-state index in [1.807, 2.05) is 32.0 Å². The Morgan fingerprint density at radius 2 is 1.80 bits per heavy atom. The number of benzene rings is 2. The maximum Gasteiger partial charge on any atom is 0.257 e. The first-order valence-corrected chi connectivity index (χ1v) is 7.99. The van der Waals surface area contributed by atoms with Crippen molar-refractivity contribution < 1.29 is 18.4 Å². The summed E-state index contributed by atoms with van der Waals surface area (Å²) in [6.07, 6.45) is 0.0920. The molecule has 1 unspecified atom stereocenters. The number of carbonyl (C=O) groups is 2. The minimum atomic E-state index is -0.923. The van der Waals surface area contributed by atoms with Gasteiger partial charge in [0, 0.05) is 18.7 Å². The Morgan fingerprint density at radius 1 is 1.12 bits per heavy atom. The Labute approximate surface area is 144 Å². The molecule has 0 spiro atoms. The van der Waals surface area contributed by atoms with Crippen molar-refractivity contribution in [3.63, 3.8) is 0 Å². The number of amides is 2. The molecule has 1 aliphatic rings. The number of halogens is 2. The van der Waals surface area contributed by atoms with E-state index in [4.69, 9.17) is 0 Å². The van der Waals surface area contributed by atoms with Crippen molar-refractivity contribution in [3.8, 4) is 0 Å². The zero-order chi connectivity index (χ0) is 18.1. The fraction of sp³-hybridized carbons (Fsp3) is 0.263. The molecule has 1 heterocycles. The Balaban J connectivity index is 1.74. The van der Waals surface area contributed by atoms with Gasteiger partial charge in [0.1, 0.15) is 17.2 Å². The Morgan fingerprint density at radius 3 is 2.44 bits per heavy atom. The van der Waals surface area contributed by atoms with Gasteiger partial charge in [-0.05, 0) is 49.2 Å². The molecule has 2 amide bonds. The van der Waals surface area contributed by atoms with Gasteiger partial charge in [0.25, 0.3) is 5.91 Å². The van der Waals surface area contributed by atoms with Crippen LogP contribution in [0.25, 0.3) is 0 Å². The van der Waals surface area contributed by atoms with Crippen LogP contribution in [0.5, 0.6) is 0 Å². The summed E-state index contributed by atoms with van der Waals surface area (Å²) < 4.78 is 27.4. The highest BCUT2D eigenvalue weighted by molar-refractivity contribution is 5.99. The van der Waals surface area contributed by atoms with Crippen LogP contribution in [0.2, 0.25) is 0 Å². The van der Waals surface area contributed by atoms with E-state index in [-0.39, 0.29) is 18.9 Å². The summed E-state index contributed by atoms with van der Waals surface area (Å²) in [6, 6.07) is 8.44. The van der Waals surface area contributed by atoms with Gasteiger partial charge < -0.3 is 10.2 Å². The standard InChI is InChI=1S/C19H18F2N2O2/c1-11-6-7-14(8-12(11)2)23-10-13(9-17(23)24)22-19(25)18-15(20)4-3-5-16(18)21/h3-8,13H,9-10H2,1-2H3,(H,22,25). The first kappa shape index (κ1) is 17.1. The third-order valence-corrected chi connectivity index (χ3v) is 4.45. The van der Waals surface area contributed by atoms with Crippen molar-refractivity contribution in [2.24, 2.45) is 0 Å². The van der Waals surface area contributed by atoms with Crippen molar-refractivity contribution in [1.82, 2.24) is 5.32 Å². The monoisotopic (exact) mass is 344 g/mol. The zero-order valence-electron chi connectivity index (χ0n) is 14.0. The summed E-state index contributed by atoms with van der Waals surface area (Å²) >= 11 is 0. The van der Waals surface area contributed by atoms with Gasteiger partial charge in [-0.15, -0.1) is 0 Å². The molecule has 25 heavy (non-hydrogen) atoms. The highest BCUT2D eigenvalue weighted by Gasteiger charge is 2.32. The molecule has 2 aromatic rings. The van der Waals surface area contributed by atoms with E-state index >= 15 is 0 Å². The molecule has 0 saturated carbocycles. The number of aryl methyl sites for hydroxylation is 2. The van der Waals surface area contributed by atoms with Crippen molar-refractivity contribution in [2.75, 3.05) is 11.4 Å². The predicted molar refractivity (Wildman–Crippen MR) is 90.5 cm³/mol. The largest absolute Gasteiger partial charge is 0.347 e. The molecule has 1 N–H and O–H groups in total. The van der Waals surface area contributed by atoms with Crippen LogP contribution >= 0.6 is 0 Å². The van der Waals surface area contributed by atoms with E-state index < -0.39 is 29.1 Å². The number of anilines is 1. The SMILES string of the molecule is Cc1ccc(N2CC(NC(=O)c3c(F)cccc3F)CC2=O)cc1C. The molecule has 4 nitrogen and oxygen atoms in total. The third-order valence-electron chi connectivity index (χ3n) is 4.45. The van der Waals surface area contributed by atoms with Crippen LogP contribution in [0.15, 0.2) is 36.4 Å². The summed E-state index contributed by atoms with van der Waals surface area (Å²) in [5, 5.41) is 2.55. The van der Waals surface area contributed by atoms with E-state index in [9.17, 15) is 18.4 Å². The van der Waals surface area contributed by atoms with Gasteiger partial charge in [0.2, 0.25) is 5.91 Å². The molecule has 1 aliphatic heterocycles. The molecule has 130 valence electrons. The zero-order valence-corrected chi connectivity index (χ0v) is 14.0. The van der Waals surface area contributed by atoms with Gasteiger partial charge in [-0.3, -0.25) is 9.59 Å². The number of hydrogen-bond acceptors (Lipinski definition) is 2. The van der Waals surface area contributed by atoms with Crippen molar-refractivity contribution in [3.05, 3.63) is 64.7 Å². The highest BCUT2D eigenvalue weighted by Crippen LogP contribution is 2.24. The lowest BCUT2D eigenvalue weighted by Crippen LogP contribution is -2.38. The summed E-state index contributed by atoms with van der Waals surface area (Å²) in [4.78, 5) is 26.0. The van der Waals surface area contributed by atoms with Crippen LogP contribution in [-0.4, -0.2) is 24.4 Å². The van der Waals surface area contributed by atoms with Gasteiger partial charge >= 0.3 is 0 Å². The molecule has 6 heteroatoms. The Kier molecular flexibility index (Phi) is 4.53. The molecule has 3 rings (SSSR count). The number of carbonyl (C=O) groups excluding carboxylic acids is 2. The lowest BCUT2D eigenvalue weighted by Gasteiger charge is -2.18. The Hall–Kier alpha value is -2.76. The molecule has 0 aliphatic carbocycles. The predicted octanol–water partition coefficient (Wildman–Crippen LogP) is 3.12. The molecule has 1 fully saturated rings. The second kappa shape index (κ2) is 6.63. The van der Waals surface area contributed by atoms with E-state index in [0.29, 0.717) is 0 Å². The fourth-order valence-electron chi connectivity index (χ4n) is 2.92. The van der Waals surface area contributed by atoms with Crippen LogP contribution in [-0.2, 0) is 4.79 Å². The van der Waals surface area contributed by atoms with Crippen LogP contribution < -0.4 is 10.2 Å². The third kappa shape index (κ3) is 3.38. The van der Waals surface area contributed by atoms with Crippen LogP contribution in [0, 0.1) is 25.5 Å². The topological polar surface area (TPSA) is 49.4 Å². The van der Waals surface area contributed by atoms with Gasteiger partial charge in [0.15, 0.2) is 0 Å². The normalized spacial score (nSPS) is 17.0. The van der Waals surface area contributed by atoms with Gasteiger partial charge in [-0.25, -0.2) is 8.78 Å². The van der Waals surface area contributed by atoms with Gasteiger partial charge in [-0.1, -0.05) is 12.1 Å². The molecule has 1 saturated heterocycles. The van der Waals surface area contributed by atoms with Crippen LogP contribution in [0.4, 0.5) is 14.5 Å². The van der Waals surface area contributed by atoms with Crippen molar-refractivity contribution in [1.29, 1.82) is 0 Å². The van der Waals surface area contributed by atoms with Crippen LogP contribution in [0.1, 0.15) is 27.9 Å². The number of nitrogens with one attached hydrogen (secondary N) is 1. The molecule has 1 atom stereocenters. The van der Waals surface area contributed by atoms with Crippen molar-refractivity contribution >= 4 is 17.5 Å². The smallest absolute Gasteiger partial charge is 0.257 e. The van der Waals surface area contributed by atoms with Crippen LogP contribution in [0.3, 0.4) is 0 Å². The fourth-order valence-corrected chi connectivity index (χ4v) is 2.92. The first-order valence-electron chi connectivity index (χ1n) is 7.99. The molecule has 0 radical (unpaired) electrons. The van der Waals surface area contributed by atoms with E-state index in [1.165, 1.54) is 6.07 Å². The maximum atomic E-state index is 13.7. The summed E-state index contributed by atoms with van der Waals surface area (Å²) in [6.45, 7) is 4.21. The number of rotatable bonds is 3. The minimum Gasteiger partial charge on any atom is -0.347 e. The number of hydrogen-bond donors (Lipinski definition) is 1. The average Bonchev–Trinajstić information content (AvgIpc) is 2.90. The summed E-state index contributed by atoms with van der Waals surface area (Å²) in [7, 11) is 0. The van der Waals surface area contributed by atoms with E-state index in [2.05, 4.69) is 5.32 Å². The lowest BCUT2D eigenvalue weighted by atomic mass is 10.1. The van der Waals surface area contributed by atoms with Gasteiger partial charge in [-0.2, -0.15) is 0 Å². The Bertz CT molecular complexity index is 831. The minimum absolute atomic E-state index is 0.0920. The lowest BCUT2D eigenvalue weighted by molar-refractivity contribution is -0.117. The maximum absolute atomic E-state index is 13.7. The molecule has 0 aromatic heterocycles. The molecular weight excluding hydrogens is 326 g/mol. The van der Waals surface area contributed by atoms with Gasteiger partial charge in [0.05, 0.1) is 6.04 Å². The highest BCUT2D eigenvalue weighted by atomic mass is 19.1. The summed E-state index contributed by atoms with van der Waals surface area (Å²) in [5.74, 6) is -2.83. The quantitative estimate of drug-likeness (QED) is 0.930. The first-order chi connectivity index (χ1) is 11.9. The van der Waals surface area contributed by atoms with Crippen molar-refractivity contribution in [2.45, 2.75) is 26.3 Å². The molecular formula is C19H18F2N2O2. The second-order valence-electron chi connectivity index (χ2n) is 6.24. The van der Waals surface area contributed by atoms with E-state index in [1.54, 1.807) is 4.90 Å².